The van der Waals surface area contributed by atoms with Gasteiger partial charge in [-0.3, -0.25) is 4.79 Å². The largest absolute Gasteiger partial charge is 0.506 e. The normalized spacial score (nSPS) is 14.3. The van der Waals surface area contributed by atoms with Crippen LogP contribution in [-0.4, -0.2) is 30.5 Å². The number of hydrogen-bond donors (Lipinski definition) is 2. The van der Waals surface area contributed by atoms with Gasteiger partial charge in [0.15, 0.2) is 12.4 Å². The Morgan fingerprint density at radius 3 is 2.73 bits per heavy atom. The summed E-state index contributed by atoms with van der Waals surface area (Å²) in [4.78, 5) is 13.3. The van der Waals surface area contributed by atoms with Gasteiger partial charge in [-0.25, -0.2) is 0 Å². The Kier molecular flexibility index (Phi) is 5.82. The summed E-state index contributed by atoms with van der Waals surface area (Å²) < 4.78 is 36.4. The summed E-state index contributed by atoms with van der Waals surface area (Å²) in [6.07, 6.45) is 0.723. The van der Waals surface area contributed by atoms with Crippen molar-refractivity contribution in [2.24, 2.45) is 10.3 Å². The average molecular weight is 467 g/mol. The summed E-state index contributed by atoms with van der Waals surface area (Å²) in [6, 6.07) is 13.0. The highest BCUT2D eigenvalue weighted by molar-refractivity contribution is 7.90. The molecule has 33 heavy (non-hydrogen) atoms. The van der Waals surface area contributed by atoms with E-state index in [2.05, 4.69) is 9.71 Å². The van der Waals surface area contributed by atoms with Gasteiger partial charge in [-0.15, -0.1) is 4.40 Å². The summed E-state index contributed by atoms with van der Waals surface area (Å²) in [6.45, 7) is 4.25. The second kappa shape index (κ2) is 8.60. The lowest BCUT2D eigenvalue weighted by molar-refractivity contribution is 0.367. The molecule has 2 heterocycles. The van der Waals surface area contributed by atoms with Crippen LogP contribution in [0.25, 0.3) is 10.9 Å². The fourth-order valence-electron chi connectivity index (χ4n) is 3.66. The van der Waals surface area contributed by atoms with Crippen LogP contribution in [0, 0.1) is 17.2 Å². The topological polar surface area (TPSA) is 134 Å². The molecule has 1 aliphatic heterocycles. The Hall–Kier alpha value is -3.84. The van der Waals surface area contributed by atoms with Gasteiger partial charge in [-0.1, -0.05) is 26.0 Å². The number of fused-ring (bicyclic) bond motifs is 2. The van der Waals surface area contributed by atoms with Crippen LogP contribution in [0.3, 0.4) is 0 Å². The number of pyridine rings is 1. The summed E-state index contributed by atoms with van der Waals surface area (Å²) >= 11 is 0. The third-order valence-corrected chi connectivity index (χ3v) is 6.63. The number of aromatic nitrogens is 1. The second-order valence-electron chi connectivity index (χ2n) is 8.02. The molecule has 10 heteroatoms. The molecule has 170 valence electrons. The van der Waals surface area contributed by atoms with Crippen LogP contribution in [-0.2, 0) is 16.6 Å². The van der Waals surface area contributed by atoms with Gasteiger partial charge in [0.25, 0.3) is 15.6 Å². The molecule has 0 unspecified atom stereocenters. The molecule has 0 saturated carbocycles. The Balaban J connectivity index is 1.88. The van der Waals surface area contributed by atoms with Gasteiger partial charge in [0.05, 0.1) is 11.2 Å². The highest BCUT2D eigenvalue weighted by Gasteiger charge is 2.30. The van der Waals surface area contributed by atoms with Crippen molar-refractivity contribution >= 4 is 32.4 Å². The molecule has 1 aromatic heterocycles. The smallest absolute Gasteiger partial charge is 0.286 e. The summed E-state index contributed by atoms with van der Waals surface area (Å²) in [5.74, 6) is -0.0540. The highest BCUT2D eigenvalue weighted by Crippen LogP contribution is 2.34. The van der Waals surface area contributed by atoms with E-state index in [4.69, 9.17) is 10.00 Å². The monoisotopic (exact) mass is 466 g/mol. The van der Waals surface area contributed by atoms with E-state index in [1.165, 1.54) is 22.8 Å². The van der Waals surface area contributed by atoms with Crippen molar-refractivity contribution < 1.29 is 18.3 Å². The van der Waals surface area contributed by atoms with Crippen molar-refractivity contribution in [1.29, 1.82) is 5.26 Å². The number of nitriles is 1. The molecule has 0 bridgehead atoms. The van der Waals surface area contributed by atoms with E-state index in [0.717, 1.165) is 6.42 Å². The lowest BCUT2D eigenvalue weighted by Gasteiger charge is -2.21. The zero-order valence-electron chi connectivity index (χ0n) is 18.1. The molecule has 2 N–H and O–H groups in total. The second-order valence-corrected chi connectivity index (χ2v) is 9.60. The van der Waals surface area contributed by atoms with Crippen LogP contribution in [0.1, 0.15) is 25.8 Å². The number of amidine groups is 1. The Labute approximate surface area is 190 Å². The first kappa shape index (κ1) is 22.4. The van der Waals surface area contributed by atoms with Crippen LogP contribution in [0.15, 0.2) is 56.6 Å². The van der Waals surface area contributed by atoms with E-state index < -0.39 is 15.6 Å². The predicted octanol–water partition coefficient (Wildman–Crippen LogP) is 3.22. The molecule has 0 aliphatic carbocycles. The minimum atomic E-state index is -4.21. The van der Waals surface area contributed by atoms with Gasteiger partial charge in [0.2, 0.25) is 0 Å². The third-order valence-electron chi connectivity index (χ3n) is 5.31. The van der Waals surface area contributed by atoms with Gasteiger partial charge in [-0.2, -0.15) is 13.7 Å². The maximum Gasteiger partial charge on any atom is 0.286 e. The molecule has 2 aromatic carbocycles. The molecular weight excluding hydrogens is 444 g/mol. The minimum Gasteiger partial charge on any atom is -0.506 e. The molecule has 0 amide bonds. The molecule has 0 radical (unpaired) electrons. The van der Waals surface area contributed by atoms with Gasteiger partial charge in [-0.05, 0) is 36.6 Å². The third kappa shape index (κ3) is 4.15. The molecule has 4 rings (SSSR count). The van der Waals surface area contributed by atoms with Crippen LogP contribution in [0.5, 0.6) is 11.5 Å². The lowest BCUT2D eigenvalue weighted by atomic mass is 10.1. The maximum atomic E-state index is 13.4. The molecule has 9 nitrogen and oxygen atoms in total. The van der Waals surface area contributed by atoms with E-state index in [1.54, 1.807) is 24.3 Å². The number of aryl methyl sites for hydroxylation is 1. The van der Waals surface area contributed by atoms with E-state index in [-0.39, 0.29) is 40.1 Å². The first-order valence-corrected chi connectivity index (χ1v) is 11.8. The highest BCUT2D eigenvalue weighted by atomic mass is 32.2. The fourth-order valence-corrected chi connectivity index (χ4v) is 4.80. The van der Waals surface area contributed by atoms with Gasteiger partial charge < -0.3 is 19.7 Å². The molecule has 1 aliphatic rings. The number of sulfonamides is 1. The number of nitrogens with one attached hydrogen (secondary N) is 1. The quantitative estimate of drug-likeness (QED) is 0.570. The Morgan fingerprint density at radius 2 is 2.00 bits per heavy atom. The van der Waals surface area contributed by atoms with E-state index in [1.807, 2.05) is 19.9 Å². The van der Waals surface area contributed by atoms with Gasteiger partial charge in [0, 0.05) is 18.0 Å². The molecule has 0 fully saturated rings. The number of anilines is 1. The van der Waals surface area contributed by atoms with E-state index in [0.29, 0.717) is 23.4 Å². The van der Waals surface area contributed by atoms with Crippen LogP contribution < -0.4 is 15.6 Å². The van der Waals surface area contributed by atoms with Crippen LogP contribution in [0.4, 0.5) is 5.69 Å². The van der Waals surface area contributed by atoms with Crippen LogP contribution >= 0.6 is 0 Å². The van der Waals surface area contributed by atoms with Gasteiger partial charge >= 0.3 is 0 Å². The van der Waals surface area contributed by atoms with Crippen LogP contribution in [0.2, 0.25) is 0 Å². The average Bonchev–Trinajstić information content (AvgIpc) is 2.77. The standard InChI is InChI=1S/C23H22N4O5S/c1-14(2)9-11-27-18-6-4-3-5-16(18)21(28)20(23(27)29)22-25-17-8-7-15(32-12-10-24)13-19(17)33(30,31)26-22/h3-8,13-14,28H,9,11-12H2,1-2H3,(H,25,26). The molecule has 0 atom stereocenters. The maximum absolute atomic E-state index is 13.4. The number of nitrogens with zero attached hydrogens (tertiary/aromatic N) is 3. The Morgan fingerprint density at radius 1 is 1.24 bits per heavy atom. The van der Waals surface area contributed by atoms with E-state index >= 15 is 0 Å². The fraction of sp³-hybridized carbons (Fsp3) is 0.261. The molecule has 3 aromatic rings. The number of aromatic hydroxyl groups is 1. The van der Waals surface area contributed by atoms with Crippen molar-refractivity contribution in [3.05, 3.63) is 58.4 Å². The predicted molar refractivity (Wildman–Crippen MR) is 124 cm³/mol. The first-order valence-electron chi connectivity index (χ1n) is 10.3. The Bertz CT molecular complexity index is 1480. The first-order chi connectivity index (χ1) is 15.7. The summed E-state index contributed by atoms with van der Waals surface area (Å²) in [5.41, 5.74) is -0.00411. The molecular formula is C23H22N4O5S. The number of ether oxygens (including phenoxy) is 1. The zero-order chi connectivity index (χ0) is 23.8. The van der Waals surface area contributed by atoms with Crippen molar-refractivity contribution in [3.63, 3.8) is 0 Å². The SMILES string of the molecule is CC(C)CCn1c(=O)c(C2=NS(=O)(=O)c3cc(OCC#N)ccc3N2)c(O)c2ccccc21. The number of para-hydroxylation sites is 1. The molecule has 0 saturated heterocycles. The number of benzene rings is 2. The van der Waals surface area contributed by atoms with Crippen molar-refractivity contribution in [1.82, 2.24) is 4.57 Å². The van der Waals surface area contributed by atoms with E-state index in [9.17, 15) is 18.3 Å². The zero-order valence-corrected chi connectivity index (χ0v) is 18.9. The van der Waals surface area contributed by atoms with Crippen molar-refractivity contribution in [3.8, 4) is 17.6 Å². The van der Waals surface area contributed by atoms with Gasteiger partial charge in [0.1, 0.15) is 28.0 Å². The summed E-state index contributed by atoms with van der Waals surface area (Å²) in [7, 11) is -4.21. The number of hydrogen-bond acceptors (Lipinski definition) is 7. The lowest BCUT2D eigenvalue weighted by Crippen LogP contribution is -2.33. The minimum absolute atomic E-state index is 0.151. The summed E-state index contributed by atoms with van der Waals surface area (Å²) in [5, 5.41) is 22.9. The molecule has 0 spiro atoms. The number of rotatable bonds is 6. The van der Waals surface area contributed by atoms with Crippen molar-refractivity contribution in [2.75, 3.05) is 11.9 Å². The van der Waals surface area contributed by atoms with Crippen molar-refractivity contribution in [2.45, 2.75) is 31.7 Å².